The Labute approximate surface area is 159 Å². The fourth-order valence-electron chi connectivity index (χ4n) is 2.81. The summed E-state index contributed by atoms with van der Waals surface area (Å²) in [7, 11) is 4.81. The Morgan fingerprint density at radius 3 is 2.11 bits per heavy atom. The molecule has 0 N–H and O–H groups in total. The second kappa shape index (κ2) is 8.36. The average molecular weight is 362 g/mol. The Morgan fingerprint density at radius 2 is 1.44 bits per heavy atom. The summed E-state index contributed by atoms with van der Waals surface area (Å²) in [6.45, 7) is 2.04. The van der Waals surface area contributed by atoms with Gasteiger partial charge in [0.2, 0.25) is 5.75 Å². The summed E-state index contributed by atoms with van der Waals surface area (Å²) in [6.07, 6.45) is 7.56. The van der Waals surface area contributed by atoms with Crippen molar-refractivity contribution in [1.29, 1.82) is 0 Å². The molecule has 0 saturated carbocycles. The van der Waals surface area contributed by atoms with Crippen LogP contribution in [0.25, 0.3) is 23.5 Å². The van der Waals surface area contributed by atoms with Crippen molar-refractivity contribution in [3.8, 4) is 28.6 Å². The molecule has 0 aliphatic carbocycles. The van der Waals surface area contributed by atoms with Crippen LogP contribution >= 0.6 is 0 Å². The van der Waals surface area contributed by atoms with Crippen molar-refractivity contribution in [1.82, 2.24) is 9.97 Å². The van der Waals surface area contributed by atoms with E-state index in [1.165, 1.54) is 0 Å². The fourth-order valence-corrected chi connectivity index (χ4v) is 2.81. The minimum absolute atomic E-state index is 0.571. The second-order valence-corrected chi connectivity index (χ2v) is 5.95. The monoisotopic (exact) mass is 362 g/mol. The van der Waals surface area contributed by atoms with Gasteiger partial charge in [0.15, 0.2) is 11.5 Å². The Bertz CT molecular complexity index is 968. The molecule has 0 bridgehead atoms. The smallest absolute Gasteiger partial charge is 0.203 e. The molecule has 0 aliphatic heterocycles. The van der Waals surface area contributed by atoms with Crippen molar-refractivity contribution >= 4 is 12.2 Å². The van der Waals surface area contributed by atoms with E-state index in [1.54, 1.807) is 33.7 Å². The van der Waals surface area contributed by atoms with Gasteiger partial charge in [0.1, 0.15) is 0 Å². The van der Waals surface area contributed by atoms with Gasteiger partial charge in [-0.3, -0.25) is 9.97 Å². The van der Waals surface area contributed by atoms with Gasteiger partial charge in [0.25, 0.3) is 0 Å². The maximum atomic E-state index is 5.53. The molecule has 2 heterocycles. The van der Waals surface area contributed by atoms with E-state index in [0.717, 1.165) is 28.1 Å². The largest absolute Gasteiger partial charge is 0.493 e. The molecule has 1 aromatic carbocycles. The number of benzene rings is 1. The minimum atomic E-state index is 0.571. The van der Waals surface area contributed by atoms with Crippen molar-refractivity contribution in [2.45, 2.75) is 6.92 Å². The molecular formula is C22H22N2O3. The van der Waals surface area contributed by atoms with Crippen LogP contribution in [0.1, 0.15) is 16.7 Å². The van der Waals surface area contributed by atoms with Gasteiger partial charge in [-0.15, -0.1) is 0 Å². The molecule has 0 radical (unpaired) electrons. The summed E-state index contributed by atoms with van der Waals surface area (Å²) in [5.41, 5.74) is 4.74. The Kier molecular flexibility index (Phi) is 5.71. The summed E-state index contributed by atoms with van der Waals surface area (Å²) in [5.74, 6) is 1.83. The number of nitrogens with zero attached hydrogens (tertiary/aromatic N) is 2. The SMILES string of the molecule is COc1ccc(C=Cc2ccnc(-c3cc(C)ccn3)c2)c(OC)c1OC. The third-order valence-electron chi connectivity index (χ3n) is 4.15. The molecule has 0 fully saturated rings. The molecular weight excluding hydrogens is 340 g/mol. The zero-order valence-corrected chi connectivity index (χ0v) is 15.9. The molecule has 0 amide bonds. The van der Waals surface area contributed by atoms with E-state index in [1.807, 2.05) is 55.5 Å². The molecule has 3 aromatic rings. The Morgan fingerprint density at radius 1 is 0.741 bits per heavy atom. The number of hydrogen-bond acceptors (Lipinski definition) is 5. The van der Waals surface area contributed by atoms with E-state index in [-0.39, 0.29) is 0 Å². The van der Waals surface area contributed by atoms with Gasteiger partial charge in [-0.05, 0) is 54.4 Å². The predicted molar refractivity (Wildman–Crippen MR) is 107 cm³/mol. The summed E-state index contributed by atoms with van der Waals surface area (Å²) in [5, 5.41) is 0. The number of methoxy groups -OCH3 is 3. The first-order valence-corrected chi connectivity index (χ1v) is 8.52. The highest BCUT2D eigenvalue weighted by Gasteiger charge is 2.14. The molecule has 27 heavy (non-hydrogen) atoms. The van der Waals surface area contributed by atoms with Crippen LogP contribution in [0.5, 0.6) is 17.2 Å². The van der Waals surface area contributed by atoms with Crippen LogP contribution in [-0.4, -0.2) is 31.3 Å². The van der Waals surface area contributed by atoms with Crippen molar-refractivity contribution in [3.05, 3.63) is 65.5 Å². The quantitative estimate of drug-likeness (QED) is 0.639. The molecule has 5 nitrogen and oxygen atoms in total. The van der Waals surface area contributed by atoms with Gasteiger partial charge in [-0.1, -0.05) is 12.2 Å². The van der Waals surface area contributed by atoms with E-state index in [9.17, 15) is 0 Å². The van der Waals surface area contributed by atoms with Crippen LogP contribution in [-0.2, 0) is 0 Å². The first kappa shape index (κ1) is 18.5. The molecule has 5 heteroatoms. The van der Waals surface area contributed by atoms with E-state index in [0.29, 0.717) is 17.2 Å². The number of ether oxygens (including phenoxy) is 3. The molecule has 0 spiro atoms. The number of rotatable bonds is 6. The predicted octanol–water partition coefficient (Wildman–Crippen LogP) is 4.65. The third-order valence-corrected chi connectivity index (χ3v) is 4.15. The van der Waals surface area contributed by atoms with Crippen LogP contribution in [0, 0.1) is 6.92 Å². The highest BCUT2D eigenvalue weighted by atomic mass is 16.5. The lowest BCUT2D eigenvalue weighted by Crippen LogP contribution is -1.96. The van der Waals surface area contributed by atoms with Crippen LogP contribution in [0.4, 0.5) is 0 Å². The van der Waals surface area contributed by atoms with E-state index in [4.69, 9.17) is 14.2 Å². The average Bonchev–Trinajstić information content (AvgIpc) is 2.71. The summed E-state index contributed by atoms with van der Waals surface area (Å²) < 4.78 is 16.3. The van der Waals surface area contributed by atoms with Gasteiger partial charge in [-0.2, -0.15) is 0 Å². The molecule has 2 aromatic heterocycles. The van der Waals surface area contributed by atoms with Crippen molar-refractivity contribution < 1.29 is 14.2 Å². The summed E-state index contributed by atoms with van der Waals surface area (Å²) in [4.78, 5) is 8.83. The van der Waals surface area contributed by atoms with Crippen molar-refractivity contribution in [2.24, 2.45) is 0 Å². The summed E-state index contributed by atoms with van der Waals surface area (Å²) >= 11 is 0. The van der Waals surface area contributed by atoms with Crippen LogP contribution in [0.3, 0.4) is 0 Å². The zero-order valence-electron chi connectivity index (χ0n) is 15.9. The Hall–Kier alpha value is -3.34. The van der Waals surface area contributed by atoms with Crippen molar-refractivity contribution in [3.63, 3.8) is 0 Å². The molecule has 3 rings (SSSR count). The lowest BCUT2D eigenvalue weighted by Gasteiger charge is -2.14. The van der Waals surface area contributed by atoms with E-state index in [2.05, 4.69) is 9.97 Å². The van der Waals surface area contributed by atoms with Crippen LogP contribution in [0.2, 0.25) is 0 Å². The first-order chi connectivity index (χ1) is 13.2. The van der Waals surface area contributed by atoms with Crippen molar-refractivity contribution in [2.75, 3.05) is 21.3 Å². The number of aromatic nitrogens is 2. The molecule has 0 unspecified atom stereocenters. The van der Waals surface area contributed by atoms with Gasteiger partial charge >= 0.3 is 0 Å². The zero-order chi connectivity index (χ0) is 19.2. The van der Waals surface area contributed by atoms with Crippen LogP contribution in [0.15, 0.2) is 48.8 Å². The fraction of sp³-hybridized carbons (Fsp3) is 0.182. The number of hydrogen-bond donors (Lipinski definition) is 0. The first-order valence-electron chi connectivity index (χ1n) is 8.52. The third kappa shape index (κ3) is 4.08. The van der Waals surface area contributed by atoms with Gasteiger partial charge in [0, 0.05) is 18.0 Å². The van der Waals surface area contributed by atoms with E-state index < -0.39 is 0 Å². The normalized spacial score (nSPS) is 10.8. The maximum absolute atomic E-state index is 5.53. The topological polar surface area (TPSA) is 53.5 Å². The van der Waals surface area contributed by atoms with Crippen LogP contribution < -0.4 is 14.2 Å². The molecule has 0 atom stereocenters. The number of pyridine rings is 2. The van der Waals surface area contributed by atoms with Gasteiger partial charge in [0.05, 0.1) is 32.7 Å². The lowest BCUT2D eigenvalue weighted by molar-refractivity contribution is 0.324. The van der Waals surface area contributed by atoms with Gasteiger partial charge < -0.3 is 14.2 Å². The summed E-state index contributed by atoms with van der Waals surface area (Å²) in [6, 6.07) is 11.7. The highest BCUT2D eigenvalue weighted by Crippen LogP contribution is 2.40. The minimum Gasteiger partial charge on any atom is -0.493 e. The van der Waals surface area contributed by atoms with Gasteiger partial charge in [-0.25, -0.2) is 0 Å². The maximum Gasteiger partial charge on any atom is 0.203 e. The van der Waals surface area contributed by atoms with E-state index >= 15 is 0 Å². The Balaban J connectivity index is 1.94. The molecule has 0 aliphatic rings. The molecule has 138 valence electrons. The number of aryl methyl sites for hydroxylation is 1. The second-order valence-electron chi connectivity index (χ2n) is 5.95. The molecule has 0 saturated heterocycles. The standard InChI is InChI=1S/C22H22N2O3/c1-15-9-11-23-18(13-15)19-14-16(10-12-24-19)5-6-17-7-8-20(25-2)22(27-4)21(17)26-3/h5-14H,1-4H3. The highest BCUT2D eigenvalue weighted by molar-refractivity contribution is 5.76. The lowest BCUT2D eigenvalue weighted by atomic mass is 10.1.